The maximum Gasteiger partial charge on any atom is 0.310 e. The van der Waals surface area contributed by atoms with Crippen molar-refractivity contribution in [1.82, 2.24) is 10.2 Å². The van der Waals surface area contributed by atoms with Gasteiger partial charge >= 0.3 is 5.97 Å². The lowest BCUT2D eigenvalue weighted by Gasteiger charge is -2.21. The van der Waals surface area contributed by atoms with E-state index in [0.717, 1.165) is 32.0 Å². The predicted molar refractivity (Wildman–Crippen MR) is 109 cm³/mol. The highest BCUT2D eigenvalue weighted by Crippen LogP contribution is 2.24. The van der Waals surface area contributed by atoms with Crippen LogP contribution in [-0.4, -0.2) is 50.1 Å². The zero-order valence-corrected chi connectivity index (χ0v) is 17.5. The number of carbonyl (C=O) groups is 1. The largest absolute Gasteiger partial charge is 0.469 e. The van der Waals surface area contributed by atoms with E-state index in [4.69, 9.17) is 9.73 Å². The first-order chi connectivity index (χ1) is 11.2. The monoisotopic (exact) mass is 449 g/mol. The number of nitrogens with zero attached hydrogens (tertiary/aromatic N) is 2. The zero-order chi connectivity index (χ0) is 16.7. The predicted octanol–water partition coefficient (Wildman–Crippen LogP) is 3.20. The summed E-state index contributed by atoms with van der Waals surface area (Å²) in [5.74, 6) is 1.07. The van der Waals surface area contributed by atoms with Crippen LogP contribution in [0.1, 0.15) is 46.0 Å². The maximum absolute atomic E-state index is 11.9. The first kappa shape index (κ1) is 21.3. The van der Waals surface area contributed by atoms with Gasteiger partial charge in [-0.3, -0.25) is 9.79 Å². The number of allylic oxidation sites excluding steroid dienone is 1. The quantitative estimate of drug-likeness (QED) is 0.230. The minimum absolute atomic E-state index is 0. The van der Waals surface area contributed by atoms with E-state index in [2.05, 4.69) is 30.1 Å². The number of likely N-dealkylation sites (tertiary alicyclic amines) is 1. The maximum atomic E-state index is 11.9. The van der Waals surface area contributed by atoms with E-state index in [1.165, 1.54) is 32.8 Å². The Kier molecular flexibility index (Phi) is 9.69. The fraction of sp³-hybridized carbons (Fsp3) is 0.778. The number of carbonyl (C=O) groups excluding carboxylic acids is 1. The Morgan fingerprint density at radius 2 is 2.21 bits per heavy atom. The van der Waals surface area contributed by atoms with Crippen molar-refractivity contribution in [3.05, 3.63) is 11.6 Å². The Balaban J connectivity index is 0.00000288. The van der Waals surface area contributed by atoms with E-state index in [0.29, 0.717) is 12.5 Å². The molecule has 0 aromatic heterocycles. The van der Waals surface area contributed by atoms with E-state index in [9.17, 15) is 4.79 Å². The van der Waals surface area contributed by atoms with E-state index in [1.807, 2.05) is 0 Å². The molecule has 0 saturated carbocycles. The lowest BCUT2D eigenvalue weighted by molar-refractivity contribution is -0.145. The second-order valence-corrected chi connectivity index (χ2v) is 6.61. The molecule has 0 radical (unpaired) electrons. The van der Waals surface area contributed by atoms with Gasteiger partial charge in [0.25, 0.3) is 0 Å². The van der Waals surface area contributed by atoms with Crippen LogP contribution in [0.25, 0.3) is 0 Å². The molecule has 1 heterocycles. The number of aliphatic imine (C=N–C) groups is 1. The van der Waals surface area contributed by atoms with Gasteiger partial charge in [-0.25, -0.2) is 0 Å². The molecule has 1 saturated heterocycles. The minimum atomic E-state index is -0.108. The Labute approximate surface area is 163 Å². The number of methoxy groups -OCH3 is 1. The number of esters is 1. The molecule has 1 fully saturated rings. The lowest BCUT2D eigenvalue weighted by Crippen LogP contribution is -2.40. The average molecular weight is 449 g/mol. The Morgan fingerprint density at radius 1 is 1.42 bits per heavy atom. The number of guanidine groups is 1. The molecular weight excluding hydrogens is 417 g/mol. The minimum Gasteiger partial charge on any atom is -0.469 e. The van der Waals surface area contributed by atoms with E-state index in [1.54, 1.807) is 5.57 Å². The summed E-state index contributed by atoms with van der Waals surface area (Å²) in [5.41, 5.74) is 1.55. The topological polar surface area (TPSA) is 53.9 Å². The molecule has 2 aliphatic rings. The van der Waals surface area contributed by atoms with Gasteiger partial charge in [0.2, 0.25) is 0 Å². The summed E-state index contributed by atoms with van der Waals surface area (Å²) in [4.78, 5) is 18.8. The summed E-state index contributed by atoms with van der Waals surface area (Å²) in [5, 5.41) is 3.36. The van der Waals surface area contributed by atoms with Crippen LogP contribution in [0.4, 0.5) is 0 Å². The molecule has 0 aromatic carbocycles. The molecule has 5 nitrogen and oxygen atoms in total. The van der Waals surface area contributed by atoms with Crippen molar-refractivity contribution < 1.29 is 9.53 Å². The van der Waals surface area contributed by atoms with E-state index >= 15 is 0 Å². The van der Waals surface area contributed by atoms with Gasteiger partial charge < -0.3 is 15.0 Å². The number of ether oxygens (including phenoxy) is 1. The van der Waals surface area contributed by atoms with Crippen LogP contribution in [0.15, 0.2) is 16.6 Å². The van der Waals surface area contributed by atoms with Gasteiger partial charge in [-0.1, -0.05) is 18.6 Å². The number of nitrogens with one attached hydrogen (secondary N) is 1. The standard InChI is InChI=1S/C18H31N3O2.HI/c1-4-19-18(20-11-10-15-8-6-5-7-9-15)21-12-14(2)16(13-21)17(22)23-3;/h8,14,16H,4-7,9-13H2,1-3H3,(H,19,20);1H. The summed E-state index contributed by atoms with van der Waals surface area (Å²) >= 11 is 0. The Morgan fingerprint density at radius 3 is 2.83 bits per heavy atom. The third kappa shape index (κ3) is 5.93. The third-order valence-corrected chi connectivity index (χ3v) is 4.83. The molecule has 2 rings (SSSR count). The van der Waals surface area contributed by atoms with Crippen molar-refractivity contribution in [1.29, 1.82) is 0 Å². The van der Waals surface area contributed by atoms with Gasteiger partial charge in [-0.2, -0.15) is 0 Å². The van der Waals surface area contributed by atoms with Crippen LogP contribution >= 0.6 is 24.0 Å². The number of hydrogen-bond acceptors (Lipinski definition) is 3. The summed E-state index contributed by atoms with van der Waals surface area (Å²) < 4.78 is 4.92. The molecule has 138 valence electrons. The molecule has 0 spiro atoms. The van der Waals surface area contributed by atoms with Crippen LogP contribution in [-0.2, 0) is 9.53 Å². The van der Waals surface area contributed by atoms with Crippen molar-refractivity contribution in [2.75, 3.05) is 33.3 Å². The first-order valence-corrected chi connectivity index (χ1v) is 8.94. The molecule has 0 aromatic rings. The lowest BCUT2D eigenvalue weighted by atomic mass is 9.97. The van der Waals surface area contributed by atoms with Gasteiger partial charge in [0.15, 0.2) is 5.96 Å². The van der Waals surface area contributed by atoms with Gasteiger partial charge in [-0.05, 0) is 44.9 Å². The molecule has 1 N–H and O–H groups in total. The smallest absolute Gasteiger partial charge is 0.310 e. The Bertz CT molecular complexity index is 465. The normalized spacial score (nSPS) is 24.2. The zero-order valence-electron chi connectivity index (χ0n) is 15.2. The molecular formula is C18H32IN3O2. The van der Waals surface area contributed by atoms with Crippen LogP contribution in [0.2, 0.25) is 0 Å². The summed E-state index contributed by atoms with van der Waals surface area (Å²) in [6.07, 6.45) is 8.55. The van der Waals surface area contributed by atoms with Crippen molar-refractivity contribution in [2.45, 2.75) is 46.0 Å². The summed E-state index contributed by atoms with van der Waals surface area (Å²) in [6.45, 7) is 7.41. The highest BCUT2D eigenvalue weighted by atomic mass is 127. The van der Waals surface area contributed by atoms with Gasteiger partial charge in [0, 0.05) is 26.2 Å². The number of halogens is 1. The van der Waals surface area contributed by atoms with Crippen molar-refractivity contribution in [2.24, 2.45) is 16.8 Å². The Hall–Kier alpha value is -0.790. The average Bonchev–Trinajstić information content (AvgIpc) is 2.96. The van der Waals surface area contributed by atoms with Crippen molar-refractivity contribution in [3.63, 3.8) is 0 Å². The van der Waals surface area contributed by atoms with Crippen molar-refractivity contribution >= 4 is 35.9 Å². The number of rotatable bonds is 5. The number of hydrogen-bond donors (Lipinski definition) is 1. The second-order valence-electron chi connectivity index (χ2n) is 6.61. The van der Waals surface area contributed by atoms with Gasteiger partial charge in [0.1, 0.15) is 0 Å². The van der Waals surface area contributed by atoms with Crippen LogP contribution < -0.4 is 5.32 Å². The second kappa shape index (κ2) is 10.9. The summed E-state index contributed by atoms with van der Waals surface area (Å²) in [6, 6.07) is 0. The van der Waals surface area contributed by atoms with Gasteiger partial charge in [0.05, 0.1) is 13.0 Å². The fourth-order valence-electron chi connectivity index (χ4n) is 3.46. The van der Waals surface area contributed by atoms with Gasteiger partial charge in [-0.15, -0.1) is 24.0 Å². The SMILES string of the molecule is CCNC(=NCCC1=CCCCC1)N1CC(C)C(C(=O)OC)C1.I. The highest BCUT2D eigenvalue weighted by molar-refractivity contribution is 14.0. The van der Waals surface area contributed by atoms with E-state index < -0.39 is 0 Å². The molecule has 2 unspecified atom stereocenters. The third-order valence-electron chi connectivity index (χ3n) is 4.83. The molecule has 0 bridgehead atoms. The molecule has 6 heteroatoms. The molecule has 24 heavy (non-hydrogen) atoms. The molecule has 1 aliphatic heterocycles. The molecule has 1 aliphatic carbocycles. The highest BCUT2D eigenvalue weighted by Gasteiger charge is 2.36. The van der Waals surface area contributed by atoms with Crippen LogP contribution in [0, 0.1) is 11.8 Å². The molecule has 2 atom stereocenters. The summed E-state index contributed by atoms with van der Waals surface area (Å²) in [7, 11) is 1.47. The van der Waals surface area contributed by atoms with Crippen molar-refractivity contribution in [3.8, 4) is 0 Å². The fourth-order valence-corrected chi connectivity index (χ4v) is 3.46. The van der Waals surface area contributed by atoms with E-state index in [-0.39, 0.29) is 35.9 Å². The van der Waals surface area contributed by atoms with Crippen LogP contribution in [0.3, 0.4) is 0 Å². The molecule has 0 amide bonds. The first-order valence-electron chi connectivity index (χ1n) is 8.94. The van der Waals surface area contributed by atoms with Crippen LogP contribution in [0.5, 0.6) is 0 Å².